The van der Waals surface area contributed by atoms with Crippen LogP contribution in [0.3, 0.4) is 0 Å². The number of nitrogens with one attached hydrogen (secondary N) is 2. The molecule has 1 fully saturated rings. The van der Waals surface area contributed by atoms with Crippen LogP contribution in [0, 0.1) is 0 Å². The summed E-state index contributed by atoms with van der Waals surface area (Å²) in [6, 6.07) is 1.47. The highest BCUT2D eigenvalue weighted by Gasteiger charge is 2.23. The first-order chi connectivity index (χ1) is 11.1. The van der Waals surface area contributed by atoms with Gasteiger partial charge in [-0.3, -0.25) is 9.69 Å². The number of likely N-dealkylation sites (N-methyl/N-ethyl adjacent to an activating group) is 1. The largest absolute Gasteiger partial charge is 0.480 e. The maximum atomic E-state index is 12.6. The minimum Gasteiger partial charge on any atom is -0.480 e. The highest BCUT2D eigenvalue weighted by Crippen LogP contribution is 2.26. The quantitative estimate of drug-likeness (QED) is 0.838. The van der Waals surface area contributed by atoms with Gasteiger partial charge in [0, 0.05) is 20.1 Å². The van der Waals surface area contributed by atoms with Gasteiger partial charge in [0.1, 0.15) is 11.4 Å². The van der Waals surface area contributed by atoms with Crippen LogP contribution in [0.4, 0.5) is 5.82 Å². The molecular weight excluding hydrogens is 320 g/mol. The first-order valence-corrected chi connectivity index (χ1v) is 8.00. The summed E-state index contributed by atoms with van der Waals surface area (Å²) in [6.45, 7) is 5.79. The van der Waals surface area contributed by atoms with Gasteiger partial charge in [-0.2, -0.15) is 4.98 Å². The number of anilines is 1. The van der Waals surface area contributed by atoms with E-state index in [0.29, 0.717) is 29.6 Å². The van der Waals surface area contributed by atoms with E-state index in [-0.39, 0.29) is 17.8 Å². The average Bonchev–Trinajstić information content (AvgIpc) is 2.79. The van der Waals surface area contributed by atoms with Crippen molar-refractivity contribution in [2.45, 2.75) is 13.0 Å². The minimum atomic E-state index is -0.273. The zero-order chi connectivity index (χ0) is 16.8. The molecule has 1 aliphatic rings. The van der Waals surface area contributed by atoms with Crippen LogP contribution in [0.15, 0.2) is 6.07 Å². The van der Waals surface area contributed by atoms with Gasteiger partial charge in [-0.1, -0.05) is 18.5 Å². The van der Waals surface area contributed by atoms with Crippen molar-refractivity contribution in [1.29, 1.82) is 0 Å². The van der Waals surface area contributed by atoms with E-state index in [2.05, 4.69) is 27.4 Å². The van der Waals surface area contributed by atoms with Crippen molar-refractivity contribution in [3.05, 3.63) is 16.7 Å². The Morgan fingerprint density at radius 2 is 2.39 bits per heavy atom. The van der Waals surface area contributed by atoms with Gasteiger partial charge in [-0.15, -0.1) is 0 Å². The SMILES string of the molecule is CCN1CCOCC(NC(=O)c2cc(Cl)c(NC)nc2OC)C1. The number of pyridine rings is 1. The molecule has 1 amide bonds. The number of halogens is 1. The molecule has 2 N–H and O–H groups in total. The predicted molar refractivity (Wildman–Crippen MR) is 89.5 cm³/mol. The normalized spacial score (nSPS) is 19.0. The molecule has 0 spiro atoms. The Balaban J connectivity index is 2.15. The third-order valence-electron chi connectivity index (χ3n) is 3.75. The standard InChI is InChI=1S/C15H23ClN4O3/c1-4-20-5-6-23-9-10(8-20)18-14(21)11-7-12(16)13(17-2)19-15(11)22-3/h7,10H,4-6,8-9H2,1-3H3,(H,17,19)(H,18,21). The van der Waals surface area contributed by atoms with Crippen LogP contribution >= 0.6 is 11.6 Å². The molecule has 1 atom stereocenters. The lowest BCUT2D eigenvalue weighted by atomic mass is 10.2. The fraction of sp³-hybridized carbons (Fsp3) is 0.600. The van der Waals surface area contributed by atoms with Crippen molar-refractivity contribution in [3.63, 3.8) is 0 Å². The number of carbonyl (C=O) groups excluding carboxylic acids is 1. The van der Waals surface area contributed by atoms with Gasteiger partial charge >= 0.3 is 0 Å². The molecule has 8 heteroatoms. The second-order valence-corrected chi connectivity index (χ2v) is 5.67. The van der Waals surface area contributed by atoms with Crippen LogP contribution in [0.25, 0.3) is 0 Å². The van der Waals surface area contributed by atoms with Gasteiger partial charge in [-0.05, 0) is 12.6 Å². The number of hydrogen-bond acceptors (Lipinski definition) is 6. The third kappa shape index (κ3) is 4.46. The van der Waals surface area contributed by atoms with Crippen LogP contribution < -0.4 is 15.4 Å². The highest BCUT2D eigenvalue weighted by molar-refractivity contribution is 6.33. The smallest absolute Gasteiger partial charge is 0.257 e. The number of methoxy groups -OCH3 is 1. The molecule has 1 aromatic heterocycles. The summed E-state index contributed by atoms with van der Waals surface area (Å²) >= 11 is 6.12. The molecule has 0 radical (unpaired) electrons. The van der Waals surface area contributed by atoms with E-state index < -0.39 is 0 Å². The summed E-state index contributed by atoms with van der Waals surface area (Å²) in [5.41, 5.74) is 0.309. The summed E-state index contributed by atoms with van der Waals surface area (Å²) < 4.78 is 10.8. The molecule has 0 aromatic carbocycles. The predicted octanol–water partition coefficient (Wildman–Crippen LogP) is 1.24. The Morgan fingerprint density at radius 3 is 3.04 bits per heavy atom. The maximum absolute atomic E-state index is 12.6. The van der Waals surface area contributed by atoms with Crippen molar-refractivity contribution in [2.24, 2.45) is 0 Å². The van der Waals surface area contributed by atoms with Crippen molar-refractivity contribution < 1.29 is 14.3 Å². The van der Waals surface area contributed by atoms with Crippen molar-refractivity contribution in [2.75, 3.05) is 52.3 Å². The summed E-state index contributed by atoms with van der Waals surface area (Å²) in [6.07, 6.45) is 0. The minimum absolute atomic E-state index is 0.0857. The van der Waals surface area contributed by atoms with Crippen LogP contribution in [0.2, 0.25) is 5.02 Å². The summed E-state index contributed by atoms with van der Waals surface area (Å²) in [5.74, 6) is 0.429. The Kier molecular flexibility index (Phi) is 6.44. The highest BCUT2D eigenvalue weighted by atomic mass is 35.5. The lowest BCUT2D eigenvalue weighted by molar-refractivity contribution is 0.0880. The molecule has 1 saturated heterocycles. The fourth-order valence-corrected chi connectivity index (χ4v) is 2.72. The van der Waals surface area contributed by atoms with Gasteiger partial charge < -0.3 is 20.1 Å². The topological polar surface area (TPSA) is 75.7 Å². The number of rotatable bonds is 5. The maximum Gasteiger partial charge on any atom is 0.257 e. The number of hydrogen-bond donors (Lipinski definition) is 2. The van der Waals surface area contributed by atoms with Crippen LogP contribution in [-0.4, -0.2) is 68.8 Å². The lowest BCUT2D eigenvalue weighted by Crippen LogP contribution is -2.44. The van der Waals surface area contributed by atoms with Gasteiger partial charge in [0.05, 0.1) is 31.4 Å². The fourth-order valence-electron chi connectivity index (χ4n) is 2.48. The van der Waals surface area contributed by atoms with E-state index >= 15 is 0 Å². The molecule has 128 valence electrons. The number of nitrogens with zero attached hydrogens (tertiary/aromatic N) is 2. The molecule has 1 unspecified atom stereocenters. The molecule has 0 bridgehead atoms. The number of carbonyl (C=O) groups is 1. The molecule has 0 saturated carbocycles. The van der Waals surface area contributed by atoms with E-state index in [1.165, 1.54) is 7.11 Å². The van der Waals surface area contributed by atoms with Gasteiger partial charge in [0.25, 0.3) is 5.91 Å². The van der Waals surface area contributed by atoms with Crippen LogP contribution in [0.5, 0.6) is 5.88 Å². The molecule has 7 nitrogen and oxygen atoms in total. The molecule has 2 heterocycles. The number of ether oxygens (including phenoxy) is 2. The Bertz CT molecular complexity index is 556. The lowest BCUT2D eigenvalue weighted by Gasteiger charge is -2.22. The first kappa shape index (κ1) is 17.8. The average molecular weight is 343 g/mol. The third-order valence-corrected chi connectivity index (χ3v) is 4.04. The summed E-state index contributed by atoms with van der Waals surface area (Å²) in [5, 5.41) is 6.20. The van der Waals surface area contributed by atoms with Crippen molar-refractivity contribution >= 4 is 23.3 Å². The molecule has 0 aliphatic carbocycles. The zero-order valence-electron chi connectivity index (χ0n) is 13.7. The monoisotopic (exact) mass is 342 g/mol. The van der Waals surface area contributed by atoms with Crippen molar-refractivity contribution in [3.8, 4) is 5.88 Å². The van der Waals surface area contributed by atoms with Gasteiger partial charge in [0.2, 0.25) is 5.88 Å². The van der Waals surface area contributed by atoms with Crippen LogP contribution in [0.1, 0.15) is 17.3 Å². The number of amides is 1. The van der Waals surface area contributed by atoms with E-state index in [1.54, 1.807) is 13.1 Å². The van der Waals surface area contributed by atoms with Gasteiger partial charge in [0.15, 0.2) is 0 Å². The van der Waals surface area contributed by atoms with Crippen LogP contribution in [-0.2, 0) is 4.74 Å². The molecule has 1 aromatic rings. The Labute approximate surface area is 141 Å². The Morgan fingerprint density at radius 1 is 1.61 bits per heavy atom. The zero-order valence-corrected chi connectivity index (χ0v) is 14.4. The summed E-state index contributed by atoms with van der Waals surface area (Å²) in [7, 11) is 3.18. The molecule has 23 heavy (non-hydrogen) atoms. The number of aromatic nitrogens is 1. The first-order valence-electron chi connectivity index (χ1n) is 7.62. The second kappa shape index (κ2) is 8.33. The summed E-state index contributed by atoms with van der Waals surface area (Å²) in [4.78, 5) is 19.0. The second-order valence-electron chi connectivity index (χ2n) is 5.26. The molecule has 2 rings (SSSR count). The van der Waals surface area contributed by atoms with E-state index in [4.69, 9.17) is 21.1 Å². The van der Waals surface area contributed by atoms with Crippen molar-refractivity contribution in [1.82, 2.24) is 15.2 Å². The van der Waals surface area contributed by atoms with E-state index in [0.717, 1.165) is 19.6 Å². The van der Waals surface area contributed by atoms with Gasteiger partial charge in [-0.25, -0.2) is 0 Å². The molecule has 1 aliphatic heterocycles. The molecular formula is C15H23ClN4O3. The Hall–Kier alpha value is -1.57. The van der Waals surface area contributed by atoms with E-state index in [9.17, 15) is 4.79 Å². The van der Waals surface area contributed by atoms with E-state index in [1.807, 2.05) is 0 Å².